The summed E-state index contributed by atoms with van der Waals surface area (Å²) in [5.41, 5.74) is 1.47. The number of hydrogen-bond acceptors (Lipinski definition) is 3. The molecule has 0 fully saturated rings. The second-order valence-electron chi connectivity index (χ2n) is 5.08. The van der Waals surface area contributed by atoms with Crippen LogP contribution in [0.4, 0.5) is 11.4 Å². The maximum absolute atomic E-state index is 11.6. The number of thiocarbonyl (C=S) groups is 1. The zero-order valence-electron chi connectivity index (χ0n) is 12.5. The highest BCUT2D eigenvalue weighted by Gasteiger charge is 2.07. The van der Waals surface area contributed by atoms with E-state index >= 15 is 0 Å². The van der Waals surface area contributed by atoms with Crippen molar-refractivity contribution in [2.75, 3.05) is 10.6 Å². The fourth-order valence-corrected chi connectivity index (χ4v) is 1.83. The molecular formula is C15H21N3O2S. The van der Waals surface area contributed by atoms with Gasteiger partial charge in [-0.15, -0.1) is 0 Å². The van der Waals surface area contributed by atoms with Crippen molar-refractivity contribution in [2.24, 2.45) is 5.92 Å². The average Bonchev–Trinajstić information content (AvgIpc) is 2.39. The number of benzene rings is 1. The molecule has 0 aliphatic heterocycles. The Morgan fingerprint density at radius 2 is 1.57 bits per heavy atom. The van der Waals surface area contributed by atoms with Crippen molar-refractivity contribution >= 4 is 40.5 Å². The lowest BCUT2D eigenvalue weighted by Crippen LogP contribution is -2.34. The topological polar surface area (TPSA) is 70.2 Å². The number of hydrogen-bond donors (Lipinski definition) is 3. The van der Waals surface area contributed by atoms with Crippen molar-refractivity contribution in [1.29, 1.82) is 0 Å². The second-order valence-corrected chi connectivity index (χ2v) is 5.49. The normalized spacial score (nSPS) is 10.1. The van der Waals surface area contributed by atoms with Crippen molar-refractivity contribution in [1.82, 2.24) is 5.32 Å². The minimum absolute atomic E-state index is 0.0350. The van der Waals surface area contributed by atoms with Crippen LogP contribution >= 0.6 is 12.2 Å². The summed E-state index contributed by atoms with van der Waals surface area (Å²) >= 11 is 5.07. The summed E-state index contributed by atoms with van der Waals surface area (Å²) in [6.07, 6.45) is 0.871. The van der Waals surface area contributed by atoms with E-state index in [4.69, 9.17) is 12.2 Å². The first-order valence-electron chi connectivity index (χ1n) is 6.91. The maximum Gasteiger partial charge on any atom is 0.226 e. The molecule has 0 saturated carbocycles. The number of nitrogens with one attached hydrogen (secondary N) is 3. The van der Waals surface area contributed by atoms with Gasteiger partial charge in [0.05, 0.1) is 0 Å². The molecule has 1 aromatic rings. The van der Waals surface area contributed by atoms with Gasteiger partial charge < -0.3 is 16.0 Å². The maximum atomic E-state index is 11.6. The lowest BCUT2D eigenvalue weighted by Gasteiger charge is -2.11. The van der Waals surface area contributed by atoms with E-state index in [2.05, 4.69) is 16.0 Å². The van der Waals surface area contributed by atoms with E-state index in [0.717, 1.165) is 11.4 Å². The Bertz CT molecular complexity index is 512. The number of anilines is 2. The lowest BCUT2D eigenvalue weighted by atomic mass is 10.1. The molecule has 21 heavy (non-hydrogen) atoms. The fourth-order valence-electron chi connectivity index (χ4n) is 1.60. The summed E-state index contributed by atoms with van der Waals surface area (Å²) in [7, 11) is 0. The first kappa shape index (κ1) is 17.1. The standard InChI is InChI=1S/C15H21N3O2S/c1-4-13(19)16-11-5-7-12(8-6-11)17-15(21)18-14(20)9-10(2)3/h5-8,10H,4,9H2,1-3H3,(H,16,19)(H2,17,18,20,21). The van der Waals surface area contributed by atoms with Gasteiger partial charge >= 0.3 is 0 Å². The molecule has 5 nitrogen and oxygen atoms in total. The minimum atomic E-state index is -0.102. The van der Waals surface area contributed by atoms with Crippen LogP contribution in [-0.4, -0.2) is 16.9 Å². The number of carbonyl (C=O) groups excluding carboxylic acids is 2. The molecule has 0 bridgehead atoms. The van der Waals surface area contributed by atoms with Crippen molar-refractivity contribution < 1.29 is 9.59 Å². The molecular weight excluding hydrogens is 286 g/mol. The first-order chi connectivity index (χ1) is 9.90. The van der Waals surface area contributed by atoms with E-state index in [1.165, 1.54) is 0 Å². The Morgan fingerprint density at radius 1 is 1.05 bits per heavy atom. The third-order valence-electron chi connectivity index (χ3n) is 2.59. The van der Waals surface area contributed by atoms with Gasteiger partial charge in [-0.05, 0) is 42.4 Å². The van der Waals surface area contributed by atoms with E-state index in [1.807, 2.05) is 13.8 Å². The molecule has 0 atom stereocenters. The number of amides is 2. The van der Waals surface area contributed by atoms with E-state index in [0.29, 0.717) is 12.8 Å². The van der Waals surface area contributed by atoms with Crippen LogP contribution in [0.2, 0.25) is 0 Å². The second kappa shape index (κ2) is 8.36. The first-order valence-corrected chi connectivity index (χ1v) is 7.32. The molecule has 0 aliphatic carbocycles. The molecule has 0 saturated heterocycles. The minimum Gasteiger partial charge on any atom is -0.332 e. The highest BCUT2D eigenvalue weighted by Crippen LogP contribution is 2.13. The largest absolute Gasteiger partial charge is 0.332 e. The SMILES string of the molecule is CCC(=O)Nc1ccc(NC(=S)NC(=O)CC(C)C)cc1. The third kappa shape index (κ3) is 6.85. The van der Waals surface area contributed by atoms with Gasteiger partial charge in [0, 0.05) is 24.2 Å². The number of rotatable bonds is 5. The lowest BCUT2D eigenvalue weighted by molar-refractivity contribution is -0.120. The summed E-state index contributed by atoms with van der Waals surface area (Å²) in [6, 6.07) is 7.11. The van der Waals surface area contributed by atoms with E-state index in [1.54, 1.807) is 31.2 Å². The quantitative estimate of drug-likeness (QED) is 0.732. The fraction of sp³-hybridized carbons (Fsp3) is 0.400. The van der Waals surface area contributed by atoms with Gasteiger partial charge in [-0.3, -0.25) is 9.59 Å². The van der Waals surface area contributed by atoms with Crippen molar-refractivity contribution in [3.63, 3.8) is 0 Å². The van der Waals surface area contributed by atoms with Crippen LogP contribution in [0.3, 0.4) is 0 Å². The van der Waals surface area contributed by atoms with Gasteiger partial charge in [0.25, 0.3) is 0 Å². The summed E-state index contributed by atoms with van der Waals surface area (Å²) < 4.78 is 0. The zero-order valence-corrected chi connectivity index (χ0v) is 13.3. The molecule has 0 heterocycles. The monoisotopic (exact) mass is 307 g/mol. The Hall–Kier alpha value is -1.95. The molecule has 114 valence electrons. The smallest absolute Gasteiger partial charge is 0.226 e. The Balaban J connectivity index is 2.49. The van der Waals surface area contributed by atoms with E-state index in [9.17, 15) is 9.59 Å². The van der Waals surface area contributed by atoms with Crippen LogP contribution in [0.5, 0.6) is 0 Å². The predicted octanol–water partition coefficient (Wildman–Crippen LogP) is 2.89. The third-order valence-corrected chi connectivity index (χ3v) is 2.80. The van der Waals surface area contributed by atoms with E-state index < -0.39 is 0 Å². The zero-order chi connectivity index (χ0) is 15.8. The molecule has 1 aromatic carbocycles. The van der Waals surface area contributed by atoms with Crippen molar-refractivity contribution in [3.05, 3.63) is 24.3 Å². The van der Waals surface area contributed by atoms with Gasteiger partial charge in [-0.2, -0.15) is 0 Å². The van der Waals surface area contributed by atoms with Crippen LogP contribution in [0.15, 0.2) is 24.3 Å². The molecule has 0 unspecified atom stereocenters. The summed E-state index contributed by atoms with van der Waals surface area (Å²) in [5, 5.41) is 8.58. The molecule has 0 spiro atoms. The summed E-state index contributed by atoms with van der Waals surface area (Å²) in [4.78, 5) is 22.8. The van der Waals surface area contributed by atoms with Gasteiger partial charge in [-0.1, -0.05) is 20.8 Å². The highest BCUT2D eigenvalue weighted by atomic mass is 32.1. The van der Waals surface area contributed by atoms with Crippen molar-refractivity contribution in [3.8, 4) is 0 Å². The average molecular weight is 307 g/mol. The van der Waals surface area contributed by atoms with Crippen LogP contribution < -0.4 is 16.0 Å². The molecule has 0 aromatic heterocycles. The Kier molecular flexibility index (Phi) is 6.81. The molecule has 0 aliphatic rings. The molecule has 2 amide bonds. The van der Waals surface area contributed by atoms with Gasteiger partial charge in [0.15, 0.2) is 5.11 Å². The highest BCUT2D eigenvalue weighted by molar-refractivity contribution is 7.80. The van der Waals surface area contributed by atoms with Crippen LogP contribution in [0.25, 0.3) is 0 Å². The summed E-state index contributed by atoms with van der Waals surface area (Å²) in [5.74, 6) is 0.149. The molecule has 0 radical (unpaired) electrons. The molecule has 3 N–H and O–H groups in total. The van der Waals surface area contributed by atoms with Crippen molar-refractivity contribution in [2.45, 2.75) is 33.6 Å². The predicted molar refractivity (Wildman–Crippen MR) is 89.2 cm³/mol. The Morgan fingerprint density at radius 3 is 2.05 bits per heavy atom. The van der Waals surface area contributed by atoms with E-state index in [-0.39, 0.29) is 22.8 Å². The van der Waals surface area contributed by atoms with Gasteiger partial charge in [0.2, 0.25) is 11.8 Å². The Labute approximate surface area is 130 Å². The molecule has 1 rings (SSSR count). The summed E-state index contributed by atoms with van der Waals surface area (Å²) in [6.45, 7) is 5.74. The van der Waals surface area contributed by atoms with Crippen LogP contribution in [-0.2, 0) is 9.59 Å². The van der Waals surface area contributed by atoms with Gasteiger partial charge in [-0.25, -0.2) is 0 Å². The van der Waals surface area contributed by atoms with Crippen LogP contribution in [0.1, 0.15) is 33.6 Å². The van der Waals surface area contributed by atoms with Gasteiger partial charge in [0.1, 0.15) is 0 Å². The number of carbonyl (C=O) groups is 2. The van der Waals surface area contributed by atoms with Crippen LogP contribution in [0, 0.1) is 5.92 Å². The molecule has 6 heteroatoms.